The third kappa shape index (κ3) is 6.35. The van der Waals surface area contributed by atoms with E-state index in [1.165, 1.54) is 32.8 Å². The van der Waals surface area contributed by atoms with Gasteiger partial charge in [0, 0.05) is 6.61 Å². The summed E-state index contributed by atoms with van der Waals surface area (Å²) in [6.45, 7) is 7.89. The highest BCUT2D eigenvalue weighted by molar-refractivity contribution is 5.80. The van der Waals surface area contributed by atoms with Gasteiger partial charge in [-0.2, -0.15) is 0 Å². The zero-order valence-corrected chi connectivity index (χ0v) is 14.2. The smallest absolute Gasteiger partial charge is 0.325 e. The van der Waals surface area contributed by atoms with Gasteiger partial charge in [-0.3, -0.25) is 4.79 Å². The maximum absolute atomic E-state index is 12.0. The minimum atomic E-state index is -0.589. The molecule has 1 fully saturated rings. The predicted octanol–water partition coefficient (Wildman–Crippen LogP) is 3.29. The van der Waals surface area contributed by atoms with Crippen molar-refractivity contribution in [1.29, 1.82) is 0 Å². The van der Waals surface area contributed by atoms with Crippen molar-refractivity contribution in [3.8, 4) is 0 Å². The minimum Gasteiger partial charge on any atom is -0.468 e. The second kappa shape index (κ2) is 9.42. The molecule has 4 heteroatoms. The molecule has 1 N–H and O–H groups in total. The molecule has 0 heterocycles. The van der Waals surface area contributed by atoms with Crippen molar-refractivity contribution in [1.82, 2.24) is 5.32 Å². The monoisotopic (exact) mass is 299 g/mol. The van der Waals surface area contributed by atoms with E-state index in [9.17, 15) is 4.79 Å². The van der Waals surface area contributed by atoms with Crippen LogP contribution in [-0.2, 0) is 14.3 Å². The molecule has 3 unspecified atom stereocenters. The first-order chi connectivity index (χ1) is 10.0. The van der Waals surface area contributed by atoms with Crippen LogP contribution in [0.15, 0.2) is 0 Å². The number of hydrogen-bond acceptors (Lipinski definition) is 4. The highest BCUT2D eigenvalue weighted by Crippen LogP contribution is 2.26. The first-order valence-electron chi connectivity index (χ1n) is 8.47. The van der Waals surface area contributed by atoms with E-state index in [1.807, 2.05) is 6.92 Å². The minimum absolute atomic E-state index is 0.178. The zero-order valence-electron chi connectivity index (χ0n) is 14.2. The second-order valence-corrected chi connectivity index (χ2v) is 6.62. The molecule has 1 aliphatic rings. The average molecular weight is 299 g/mol. The average Bonchev–Trinajstić information content (AvgIpc) is 2.49. The molecule has 0 radical (unpaired) electrons. The van der Waals surface area contributed by atoms with Gasteiger partial charge in [0.05, 0.1) is 13.2 Å². The Morgan fingerprint density at radius 1 is 1.38 bits per heavy atom. The van der Waals surface area contributed by atoms with E-state index in [2.05, 4.69) is 19.2 Å². The van der Waals surface area contributed by atoms with Crippen LogP contribution in [0.2, 0.25) is 0 Å². The molecule has 0 spiro atoms. The largest absolute Gasteiger partial charge is 0.468 e. The fourth-order valence-electron chi connectivity index (χ4n) is 3.09. The van der Waals surface area contributed by atoms with Crippen LogP contribution in [0.5, 0.6) is 0 Å². The second-order valence-electron chi connectivity index (χ2n) is 6.62. The molecule has 1 aliphatic carbocycles. The van der Waals surface area contributed by atoms with Crippen LogP contribution in [0.4, 0.5) is 0 Å². The highest BCUT2D eigenvalue weighted by Gasteiger charge is 2.33. The number of hydrogen-bond donors (Lipinski definition) is 1. The molecule has 1 saturated carbocycles. The van der Waals surface area contributed by atoms with Crippen molar-refractivity contribution in [2.75, 3.05) is 20.3 Å². The van der Waals surface area contributed by atoms with E-state index < -0.39 is 5.54 Å². The van der Waals surface area contributed by atoms with E-state index in [0.29, 0.717) is 6.10 Å². The van der Waals surface area contributed by atoms with Gasteiger partial charge in [-0.15, -0.1) is 0 Å². The summed E-state index contributed by atoms with van der Waals surface area (Å²) in [5, 5.41) is 3.31. The summed E-state index contributed by atoms with van der Waals surface area (Å²) < 4.78 is 10.9. The van der Waals surface area contributed by atoms with Gasteiger partial charge >= 0.3 is 5.97 Å². The first kappa shape index (κ1) is 18.4. The summed E-state index contributed by atoms with van der Waals surface area (Å²) in [4.78, 5) is 12.0. The number of esters is 1. The highest BCUT2D eigenvalue weighted by atomic mass is 16.5. The van der Waals surface area contributed by atoms with Crippen molar-refractivity contribution in [3.63, 3.8) is 0 Å². The lowest BCUT2D eigenvalue weighted by Crippen LogP contribution is -2.50. The van der Waals surface area contributed by atoms with Gasteiger partial charge in [0.15, 0.2) is 0 Å². The van der Waals surface area contributed by atoms with Crippen LogP contribution in [0, 0.1) is 5.92 Å². The van der Waals surface area contributed by atoms with Gasteiger partial charge in [-0.05, 0) is 51.5 Å². The molecule has 3 atom stereocenters. The molecule has 4 nitrogen and oxygen atoms in total. The van der Waals surface area contributed by atoms with E-state index >= 15 is 0 Å². The van der Waals surface area contributed by atoms with Gasteiger partial charge < -0.3 is 14.8 Å². The Labute approximate surface area is 130 Å². The molecule has 0 aliphatic heterocycles. The summed E-state index contributed by atoms with van der Waals surface area (Å²) in [5.41, 5.74) is -0.589. The van der Waals surface area contributed by atoms with Crippen molar-refractivity contribution in [2.45, 2.75) is 77.4 Å². The Bertz CT molecular complexity index is 308. The first-order valence-corrected chi connectivity index (χ1v) is 8.47. The van der Waals surface area contributed by atoms with Crippen LogP contribution < -0.4 is 5.32 Å². The molecule has 124 valence electrons. The van der Waals surface area contributed by atoms with Crippen molar-refractivity contribution < 1.29 is 14.3 Å². The molecule has 0 amide bonds. The normalized spacial score (nSPS) is 25.3. The fraction of sp³-hybridized carbons (Fsp3) is 0.941. The SMILES string of the molecule is CCCNC(C)(CCCOC1CCCC(C)C1)C(=O)OC. The maximum Gasteiger partial charge on any atom is 0.325 e. The molecular formula is C17H33NO3. The number of carbonyl (C=O) groups excluding carboxylic acids is 1. The van der Waals surface area contributed by atoms with Crippen molar-refractivity contribution in [2.24, 2.45) is 5.92 Å². The Kier molecular flexibility index (Phi) is 8.27. The Hall–Kier alpha value is -0.610. The van der Waals surface area contributed by atoms with Crippen LogP contribution in [0.3, 0.4) is 0 Å². The third-order valence-corrected chi connectivity index (χ3v) is 4.46. The van der Waals surface area contributed by atoms with Gasteiger partial charge in [-0.25, -0.2) is 0 Å². The molecule has 0 aromatic carbocycles. The lowest BCUT2D eigenvalue weighted by atomic mass is 9.88. The molecular weight excluding hydrogens is 266 g/mol. The fourth-order valence-corrected chi connectivity index (χ4v) is 3.09. The lowest BCUT2D eigenvalue weighted by Gasteiger charge is -2.29. The Morgan fingerprint density at radius 3 is 2.76 bits per heavy atom. The summed E-state index contributed by atoms with van der Waals surface area (Å²) in [7, 11) is 1.45. The van der Waals surface area contributed by atoms with Crippen LogP contribution >= 0.6 is 0 Å². The van der Waals surface area contributed by atoms with Crippen LogP contribution in [-0.4, -0.2) is 37.9 Å². The van der Waals surface area contributed by atoms with Gasteiger partial charge in [0.25, 0.3) is 0 Å². The summed E-state index contributed by atoms with van der Waals surface area (Å²) in [6, 6.07) is 0. The number of methoxy groups -OCH3 is 1. The molecule has 21 heavy (non-hydrogen) atoms. The predicted molar refractivity (Wildman–Crippen MR) is 85.3 cm³/mol. The topological polar surface area (TPSA) is 47.6 Å². The summed E-state index contributed by atoms with van der Waals surface area (Å²) in [5.74, 6) is 0.609. The standard InChI is InChI=1S/C17H33NO3/c1-5-11-18-17(3,16(19)20-4)10-7-12-21-15-9-6-8-14(2)13-15/h14-15,18H,5-13H2,1-4H3. The molecule has 1 rings (SSSR count). The molecule has 0 bridgehead atoms. The van der Waals surface area contributed by atoms with Crippen molar-refractivity contribution in [3.05, 3.63) is 0 Å². The Morgan fingerprint density at radius 2 is 2.14 bits per heavy atom. The van der Waals surface area contributed by atoms with E-state index in [4.69, 9.17) is 9.47 Å². The van der Waals surface area contributed by atoms with Gasteiger partial charge in [0.1, 0.15) is 5.54 Å². The number of carbonyl (C=O) groups is 1. The molecule has 0 aromatic heterocycles. The summed E-state index contributed by atoms with van der Waals surface area (Å²) >= 11 is 0. The van der Waals surface area contributed by atoms with Crippen LogP contribution in [0.25, 0.3) is 0 Å². The quantitative estimate of drug-likeness (QED) is 0.524. The van der Waals surface area contributed by atoms with E-state index in [0.717, 1.165) is 38.3 Å². The van der Waals surface area contributed by atoms with Crippen LogP contribution in [0.1, 0.15) is 65.7 Å². The van der Waals surface area contributed by atoms with E-state index in [1.54, 1.807) is 0 Å². The maximum atomic E-state index is 12.0. The van der Waals surface area contributed by atoms with Crippen molar-refractivity contribution >= 4 is 5.97 Å². The molecule has 0 saturated heterocycles. The number of ether oxygens (including phenoxy) is 2. The Balaban J connectivity index is 2.30. The molecule has 0 aromatic rings. The number of nitrogens with one attached hydrogen (secondary N) is 1. The summed E-state index contributed by atoms with van der Waals surface area (Å²) in [6.07, 6.45) is 8.04. The lowest BCUT2D eigenvalue weighted by molar-refractivity contribution is -0.148. The number of rotatable bonds is 9. The van der Waals surface area contributed by atoms with Gasteiger partial charge in [-0.1, -0.05) is 26.7 Å². The van der Waals surface area contributed by atoms with E-state index in [-0.39, 0.29) is 5.97 Å². The van der Waals surface area contributed by atoms with Gasteiger partial charge in [0.2, 0.25) is 0 Å². The zero-order chi connectivity index (χ0) is 15.7. The third-order valence-electron chi connectivity index (χ3n) is 4.46.